The highest BCUT2D eigenvalue weighted by Crippen LogP contribution is 2.17. The Labute approximate surface area is 178 Å². The number of methoxy groups -OCH3 is 1. The smallest absolute Gasteiger partial charge is 0.275 e. The zero-order valence-corrected chi connectivity index (χ0v) is 16.7. The molecule has 154 valence electrons. The van der Waals surface area contributed by atoms with Gasteiger partial charge in [-0.1, -0.05) is 48.5 Å². The van der Waals surface area contributed by atoms with E-state index in [2.05, 4.69) is 15.8 Å². The van der Waals surface area contributed by atoms with Crippen molar-refractivity contribution in [2.75, 3.05) is 12.4 Å². The minimum absolute atomic E-state index is 0.0182. The maximum absolute atomic E-state index is 12.9. The average Bonchev–Trinajstić information content (AvgIpc) is 2.82. The molecule has 0 aliphatic carbocycles. The van der Waals surface area contributed by atoms with Crippen molar-refractivity contribution in [2.24, 2.45) is 5.10 Å². The van der Waals surface area contributed by atoms with Gasteiger partial charge in [0.15, 0.2) is 0 Å². The van der Waals surface area contributed by atoms with Gasteiger partial charge in [-0.2, -0.15) is 0 Å². The summed E-state index contributed by atoms with van der Waals surface area (Å²) in [6, 6.07) is 24.7. The third kappa shape index (κ3) is 4.45. The summed E-state index contributed by atoms with van der Waals surface area (Å²) in [6.07, 6.45) is 0. The van der Waals surface area contributed by atoms with Gasteiger partial charge in [0.25, 0.3) is 11.8 Å². The molecule has 7 heteroatoms. The first-order chi connectivity index (χ1) is 15.2. The number of anilines is 1. The van der Waals surface area contributed by atoms with Crippen LogP contribution in [0.1, 0.15) is 20.7 Å². The number of rotatable bonds is 5. The first-order valence-electron chi connectivity index (χ1n) is 9.52. The second-order valence-corrected chi connectivity index (χ2v) is 6.58. The molecule has 0 saturated heterocycles. The largest absolute Gasteiger partial charge is 0.496 e. The van der Waals surface area contributed by atoms with Crippen molar-refractivity contribution in [3.8, 4) is 5.75 Å². The molecule has 1 heterocycles. The first kappa shape index (κ1) is 19.9. The molecule has 0 radical (unpaired) electrons. The van der Waals surface area contributed by atoms with E-state index in [9.17, 15) is 9.59 Å². The lowest BCUT2D eigenvalue weighted by atomic mass is 10.1. The lowest BCUT2D eigenvalue weighted by Crippen LogP contribution is -2.27. The van der Waals surface area contributed by atoms with E-state index < -0.39 is 11.8 Å². The molecule has 7 nitrogen and oxygen atoms in total. The standard InChI is InChI=1S/C24H19N3O4/c1-30-21-14-8-6-12-18(21)23(29)26-27-24-19(15-16-9-5-7-13-20(16)31-24)22(28)25-17-10-3-2-4-11-17/h2-15H,1H3,(H,25,28)(H,26,29)/b27-24-. The van der Waals surface area contributed by atoms with Gasteiger partial charge in [-0.05, 0) is 36.4 Å². The quantitative estimate of drug-likeness (QED) is 0.485. The lowest BCUT2D eigenvalue weighted by molar-refractivity contribution is 0.0945. The molecule has 1 aromatic heterocycles. The van der Waals surface area contributed by atoms with Crippen LogP contribution in [0.25, 0.3) is 11.0 Å². The van der Waals surface area contributed by atoms with Crippen molar-refractivity contribution in [3.63, 3.8) is 0 Å². The number of hydrogen-bond acceptors (Lipinski definition) is 5. The monoisotopic (exact) mass is 413 g/mol. The third-order valence-electron chi connectivity index (χ3n) is 4.54. The van der Waals surface area contributed by atoms with Crippen molar-refractivity contribution in [1.82, 2.24) is 5.43 Å². The van der Waals surface area contributed by atoms with Crippen LogP contribution in [0.2, 0.25) is 0 Å². The van der Waals surface area contributed by atoms with Crippen LogP contribution in [0.5, 0.6) is 5.75 Å². The number of ether oxygens (including phenoxy) is 1. The fourth-order valence-corrected chi connectivity index (χ4v) is 3.03. The number of amides is 2. The number of carbonyl (C=O) groups excluding carboxylic acids is 2. The van der Waals surface area contributed by atoms with E-state index in [-0.39, 0.29) is 11.1 Å². The molecule has 0 unspecified atom stereocenters. The van der Waals surface area contributed by atoms with E-state index in [1.165, 1.54) is 7.11 Å². The molecule has 0 aliphatic heterocycles. The van der Waals surface area contributed by atoms with Gasteiger partial charge in [0, 0.05) is 11.1 Å². The molecular weight excluding hydrogens is 394 g/mol. The van der Waals surface area contributed by atoms with E-state index in [1.807, 2.05) is 36.4 Å². The van der Waals surface area contributed by atoms with Gasteiger partial charge in [0.1, 0.15) is 16.9 Å². The highest BCUT2D eigenvalue weighted by Gasteiger charge is 2.15. The van der Waals surface area contributed by atoms with Crippen LogP contribution in [0.3, 0.4) is 0 Å². The van der Waals surface area contributed by atoms with Crippen LogP contribution in [0.4, 0.5) is 5.69 Å². The highest BCUT2D eigenvalue weighted by atomic mass is 16.5. The SMILES string of the molecule is COc1ccccc1C(=O)N/N=c1\oc2ccccc2cc1C(=O)Nc1ccccc1. The summed E-state index contributed by atoms with van der Waals surface area (Å²) in [6.45, 7) is 0. The van der Waals surface area contributed by atoms with Crippen molar-refractivity contribution in [2.45, 2.75) is 0 Å². The molecule has 0 spiro atoms. The van der Waals surface area contributed by atoms with Crippen LogP contribution in [0, 0.1) is 0 Å². The number of fused-ring (bicyclic) bond motifs is 1. The molecule has 4 rings (SSSR count). The van der Waals surface area contributed by atoms with Crippen molar-refractivity contribution in [3.05, 3.63) is 102 Å². The molecule has 0 fully saturated rings. The van der Waals surface area contributed by atoms with Crippen molar-refractivity contribution < 1.29 is 18.7 Å². The Kier molecular flexibility index (Phi) is 5.75. The normalized spacial score (nSPS) is 11.2. The van der Waals surface area contributed by atoms with Gasteiger partial charge < -0.3 is 14.5 Å². The summed E-state index contributed by atoms with van der Waals surface area (Å²) in [5.41, 5.74) is 4.08. The fraction of sp³-hybridized carbons (Fsp3) is 0.0417. The average molecular weight is 413 g/mol. The van der Waals surface area contributed by atoms with Gasteiger partial charge in [-0.3, -0.25) is 9.59 Å². The van der Waals surface area contributed by atoms with Crippen molar-refractivity contribution in [1.29, 1.82) is 0 Å². The summed E-state index contributed by atoms with van der Waals surface area (Å²) in [5.74, 6) is -0.492. The minimum Gasteiger partial charge on any atom is -0.496 e. The molecule has 31 heavy (non-hydrogen) atoms. The molecule has 0 saturated carbocycles. The van der Waals surface area contributed by atoms with E-state index >= 15 is 0 Å². The van der Waals surface area contributed by atoms with E-state index in [0.717, 1.165) is 5.39 Å². The van der Waals surface area contributed by atoms with Crippen molar-refractivity contribution >= 4 is 28.5 Å². The number of benzene rings is 3. The maximum atomic E-state index is 12.9. The number of hydrogen-bond donors (Lipinski definition) is 2. The molecule has 0 bridgehead atoms. The van der Waals surface area contributed by atoms with Gasteiger partial charge >= 0.3 is 0 Å². The molecule has 3 aromatic carbocycles. The predicted octanol–water partition coefficient (Wildman–Crippen LogP) is 3.94. The van der Waals surface area contributed by atoms with Crippen LogP contribution < -0.4 is 21.0 Å². The number of carbonyl (C=O) groups is 2. The highest BCUT2D eigenvalue weighted by molar-refractivity contribution is 6.05. The fourth-order valence-electron chi connectivity index (χ4n) is 3.03. The predicted molar refractivity (Wildman–Crippen MR) is 117 cm³/mol. The first-order valence-corrected chi connectivity index (χ1v) is 9.52. The van der Waals surface area contributed by atoms with Gasteiger partial charge in [-0.15, -0.1) is 5.10 Å². The van der Waals surface area contributed by atoms with Gasteiger partial charge in [-0.25, -0.2) is 5.43 Å². The van der Waals surface area contributed by atoms with E-state index in [0.29, 0.717) is 22.6 Å². The maximum Gasteiger partial charge on any atom is 0.275 e. The summed E-state index contributed by atoms with van der Waals surface area (Å²) in [7, 11) is 1.48. The Morgan fingerprint density at radius 3 is 2.35 bits per heavy atom. The van der Waals surface area contributed by atoms with Crippen LogP contribution in [-0.4, -0.2) is 18.9 Å². The summed E-state index contributed by atoms with van der Waals surface area (Å²) in [5, 5.41) is 7.63. The molecule has 4 aromatic rings. The van der Waals surface area contributed by atoms with Crippen LogP contribution >= 0.6 is 0 Å². The molecular formula is C24H19N3O4. The molecule has 2 amide bonds. The Bertz CT molecular complexity index is 1310. The second-order valence-electron chi connectivity index (χ2n) is 6.58. The minimum atomic E-state index is -0.491. The zero-order valence-electron chi connectivity index (χ0n) is 16.7. The summed E-state index contributed by atoms with van der Waals surface area (Å²) >= 11 is 0. The zero-order chi connectivity index (χ0) is 21.6. The van der Waals surface area contributed by atoms with Gasteiger partial charge in [0.2, 0.25) is 5.55 Å². The van der Waals surface area contributed by atoms with Gasteiger partial charge in [0.05, 0.1) is 12.7 Å². The topological polar surface area (TPSA) is 92.9 Å². The Hall–Kier alpha value is -4.39. The molecule has 0 atom stereocenters. The second kappa shape index (κ2) is 8.96. The third-order valence-corrected chi connectivity index (χ3v) is 4.54. The van der Waals surface area contributed by atoms with E-state index in [1.54, 1.807) is 48.5 Å². The number of nitrogens with one attached hydrogen (secondary N) is 2. The summed E-state index contributed by atoms with van der Waals surface area (Å²) in [4.78, 5) is 25.5. The van der Waals surface area contributed by atoms with E-state index in [4.69, 9.17) is 9.15 Å². The Morgan fingerprint density at radius 2 is 1.55 bits per heavy atom. The molecule has 0 aliphatic rings. The number of para-hydroxylation sites is 3. The Morgan fingerprint density at radius 1 is 0.839 bits per heavy atom. The van der Waals surface area contributed by atoms with Crippen LogP contribution in [-0.2, 0) is 0 Å². The van der Waals surface area contributed by atoms with Crippen LogP contribution in [0.15, 0.2) is 94.4 Å². The lowest BCUT2D eigenvalue weighted by Gasteiger charge is -2.08. The summed E-state index contributed by atoms with van der Waals surface area (Å²) < 4.78 is 11.0. The molecule has 2 N–H and O–H groups in total. The number of nitrogens with zero attached hydrogens (tertiary/aromatic N) is 1. The Balaban J connectivity index is 1.72.